The minimum absolute atomic E-state index is 0.224. The third kappa shape index (κ3) is 2.58. The highest BCUT2D eigenvalue weighted by molar-refractivity contribution is 5.67. The van der Waals surface area contributed by atoms with Crippen molar-refractivity contribution in [1.29, 1.82) is 0 Å². The Balaban J connectivity index is 1.41. The highest BCUT2D eigenvalue weighted by Gasteiger charge is 2.48. The molecule has 1 aromatic rings. The van der Waals surface area contributed by atoms with Gasteiger partial charge in [0.25, 0.3) is 0 Å². The maximum Gasteiger partial charge on any atom is 0.407 e. The molecule has 2 fully saturated rings. The molecule has 1 aliphatic heterocycles. The normalized spacial score (nSPS) is 29.5. The first-order valence-corrected chi connectivity index (χ1v) is 5.94. The van der Waals surface area contributed by atoms with Crippen LogP contribution in [-0.2, 0) is 16.1 Å². The average Bonchev–Trinajstić information content (AvgIpc) is 2.96. The Morgan fingerprint density at radius 3 is 2.71 bits per heavy atom. The number of epoxide rings is 1. The molecule has 1 heterocycles. The van der Waals surface area contributed by atoms with Gasteiger partial charge in [-0.15, -0.1) is 0 Å². The number of benzene rings is 1. The molecule has 1 aliphatic carbocycles. The average molecular weight is 233 g/mol. The lowest BCUT2D eigenvalue weighted by Gasteiger charge is -2.13. The summed E-state index contributed by atoms with van der Waals surface area (Å²) in [5.41, 5.74) is 1.00. The first-order chi connectivity index (χ1) is 8.31. The molecule has 2 aliphatic rings. The number of fused-ring (bicyclic) bond motifs is 1. The molecule has 90 valence electrons. The minimum atomic E-state index is -0.333. The molecule has 0 radical (unpaired) electrons. The zero-order chi connectivity index (χ0) is 11.7. The molecule has 1 unspecified atom stereocenters. The number of alkyl carbamates (subject to hydrolysis) is 1. The number of hydrogen-bond donors (Lipinski definition) is 1. The summed E-state index contributed by atoms with van der Waals surface area (Å²) < 4.78 is 10.5. The minimum Gasteiger partial charge on any atom is -0.445 e. The number of nitrogens with one attached hydrogen (secondary N) is 1. The molecule has 1 aromatic carbocycles. The van der Waals surface area contributed by atoms with Crippen LogP contribution in [0.4, 0.5) is 4.79 Å². The number of amides is 1. The molecule has 3 rings (SSSR count). The van der Waals surface area contributed by atoms with Gasteiger partial charge in [-0.1, -0.05) is 30.3 Å². The Hall–Kier alpha value is -1.55. The fraction of sp³-hybridized carbons (Fsp3) is 0.462. The van der Waals surface area contributed by atoms with Crippen LogP contribution in [0, 0.1) is 0 Å². The van der Waals surface area contributed by atoms with Gasteiger partial charge in [0.2, 0.25) is 0 Å². The number of hydrogen-bond acceptors (Lipinski definition) is 3. The number of carbonyl (C=O) groups excluding carboxylic acids is 1. The van der Waals surface area contributed by atoms with Gasteiger partial charge in [0.15, 0.2) is 0 Å². The molecule has 0 bridgehead atoms. The summed E-state index contributed by atoms with van der Waals surface area (Å²) in [6.07, 6.45) is 2.28. The van der Waals surface area contributed by atoms with Crippen molar-refractivity contribution >= 4 is 6.09 Å². The summed E-state index contributed by atoms with van der Waals surface area (Å²) in [5, 5.41) is 2.87. The lowest BCUT2D eigenvalue weighted by Crippen LogP contribution is -2.34. The van der Waals surface area contributed by atoms with Gasteiger partial charge in [-0.2, -0.15) is 0 Å². The number of carbonyl (C=O) groups is 1. The van der Waals surface area contributed by atoms with Crippen molar-refractivity contribution in [3.63, 3.8) is 0 Å². The van der Waals surface area contributed by atoms with Crippen LogP contribution in [0.15, 0.2) is 30.3 Å². The van der Waals surface area contributed by atoms with E-state index in [0.717, 1.165) is 18.4 Å². The zero-order valence-electron chi connectivity index (χ0n) is 9.46. The Kier molecular flexibility index (Phi) is 2.73. The third-order valence-corrected chi connectivity index (χ3v) is 3.26. The van der Waals surface area contributed by atoms with Crippen LogP contribution in [0.2, 0.25) is 0 Å². The topological polar surface area (TPSA) is 50.9 Å². The standard InChI is InChI=1S/C13H15NO3/c15-13(14-10-6-11-12(7-10)17-11)16-8-9-4-2-1-3-5-9/h1-5,10-12H,6-8H2,(H,14,15)/t10?,11-,12+. The van der Waals surface area contributed by atoms with E-state index < -0.39 is 0 Å². The summed E-state index contributed by atoms with van der Waals surface area (Å²) in [4.78, 5) is 11.5. The van der Waals surface area contributed by atoms with Crippen LogP contribution >= 0.6 is 0 Å². The van der Waals surface area contributed by atoms with Gasteiger partial charge < -0.3 is 14.8 Å². The lowest BCUT2D eigenvalue weighted by molar-refractivity contribution is 0.133. The molecule has 3 atom stereocenters. The second-order valence-corrected chi connectivity index (χ2v) is 4.59. The van der Waals surface area contributed by atoms with E-state index in [1.807, 2.05) is 30.3 Å². The summed E-state index contributed by atoms with van der Waals surface area (Å²) in [6, 6.07) is 9.89. The van der Waals surface area contributed by atoms with E-state index in [0.29, 0.717) is 18.8 Å². The highest BCUT2D eigenvalue weighted by Crippen LogP contribution is 2.38. The molecule has 4 nitrogen and oxygen atoms in total. The van der Waals surface area contributed by atoms with E-state index in [9.17, 15) is 4.79 Å². The van der Waals surface area contributed by atoms with Crippen LogP contribution < -0.4 is 5.32 Å². The number of rotatable bonds is 3. The highest BCUT2D eigenvalue weighted by atomic mass is 16.6. The van der Waals surface area contributed by atoms with Crippen molar-refractivity contribution in [2.45, 2.75) is 37.7 Å². The van der Waals surface area contributed by atoms with Crippen molar-refractivity contribution < 1.29 is 14.3 Å². The summed E-state index contributed by atoms with van der Waals surface area (Å²) in [6.45, 7) is 0.322. The summed E-state index contributed by atoms with van der Waals surface area (Å²) in [7, 11) is 0. The largest absolute Gasteiger partial charge is 0.445 e. The quantitative estimate of drug-likeness (QED) is 0.810. The van der Waals surface area contributed by atoms with E-state index in [1.165, 1.54) is 0 Å². The van der Waals surface area contributed by atoms with Crippen molar-refractivity contribution in [2.24, 2.45) is 0 Å². The molecular weight excluding hydrogens is 218 g/mol. The molecule has 1 saturated carbocycles. The monoisotopic (exact) mass is 233 g/mol. The Labute approximate surface area is 99.9 Å². The molecule has 0 aromatic heterocycles. The van der Waals surface area contributed by atoms with E-state index in [4.69, 9.17) is 9.47 Å². The van der Waals surface area contributed by atoms with Gasteiger partial charge >= 0.3 is 6.09 Å². The molecule has 4 heteroatoms. The van der Waals surface area contributed by atoms with Crippen LogP contribution in [-0.4, -0.2) is 24.3 Å². The van der Waals surface area contributed by atoms with Crippen molar-refractivity contribution in [1.82, 2.24) is 5.32 Å². The maximum absolute atomic E-state index is 11.5. The third-order valence-electron chi connectivity index (χ3n) is 3.26. The van der Waals surface area contributed by atoms with Gasteiger partial charge in [0, 0.05) is 6.04 Å². The predicted molar refractivity (Wildman–Crippen MR) is 61.4 cm³/mol. The first-order valence-electron chi connectivity index (χ1n) is 5.94. The van der Waals surface area contributed by atoms with E-state index >= 15 is 0 Å². The molecule has 1 saturated heterocycles. The molecule has 0 spiro atoms. The molecule has 1 amide bonds. The summed E-state index contributed by atoms with van der Waals surface area (Å²) in [5.74, 6) is 0. The first kappa shape index (κ1) is 10.6. The van der Waals surface area contributed by atoms with Gasteiger partial charge in [-0.3, -0.25) is 0 Å². The van der Waals surface area contributed by atoms with E-state index in [2.05, 4.69) is 5.32 Å². The van der Waals surface area contributed by atoms with Crippen molar-refractivity contribution in [3.05, 3.63) is 35.9 Å². The SMILES string of the molecule is O=C(NC1C[C@@H]2O[C@@H]2C1)OCc1ccccc1. The maximum atomic E-state index is 11.5. The van der Waals surface area contributed by atoms with Crippen molar-refractivity contribution in [3.8, 4) is 0 Å². The molecule has 17 heavy (non-hydrogen) atoms. The summed E-state index contributed by atoms with van der Waals surface area (Å²) >= 11 is 0. The van der Waals surface area contributed by atoms with Gasteiger partial charge in [0.1, 0.15) is 6.61 Å². The Bertz CT molecular complexity index is 396. The zero-order valence-corrected chi connectivity index (χ0v) is 9.46. The van der Waals surface area contributed by atoms with Crippen LogP contribution in [0.3, 0.4) is 0 Å². The van der Waals surface area contributed by atoms with E-state index in [-0.39, 0.29) is 12.1 Å². The van der Waals surface area contributed by atoms with Crippen LogP contribution in [0.5, 0.6) is 0 Å². The second-order valence-electron chi connectivity index (χ2n) is 4.59. The lowest BCUT2D eigenvalue weighted by atomic mass is 10.2. The Morgan fingerprint density at radius 2 is 2.00 bits per heavy atom. The van der Waals surface area contributed by atoms with E-state index in [1.54, 1.807) is 0 Å². The fourth-order valence-electron chi connectivity index (χ4n) is 2.30. The molecule has 1 N–H and O–H groups in total. The van der Waals surface area contributed by atoms with Crippen LogP contribution in [0.1, 0.15) is 18.4 Å². The van der Waals surface area contributed by atoms with Gasteiger partial charge in [-0.25, -0.2) is 4.79 Å². The Morgan fingerprint density at radius 1 is 1.29 bits per heavy atom. The van der Waals surface area contributed by atoms with Gasteiger partial charge in [0.05, 0.1) is 12.2 Å². The predicted octanol–water partition coefficient (Wildman–Crippen LogP) is 1.84. The second kappa shape index (κ2) is 4.37. The van der Waals surface area contributed by atoms with Crippen LogP contribution in [0.25, 0.3) is 0 Å². The number of ether oxygens (including phenoxy) is 2. The van der Waals surface area contributed by atoms with Gasteiger partial charge in [-0.05, 0) is 18.4 Å². The van der Waals surface area contributed by atoms with Crippen molar-refractivity contribution in [2.75, 3.05) is 0 Å². The molecular formula is C13H15NO3. The smallest absolute Gasteiger partial charge is 0.407 e. The fourth-order valence-corrected chi connectivity index (χ4v) is 2.30.